The van der Waals surface area contributed by atoms with Gasteiger partial charge >= 0.3 is 0 Å². The third-order valence-electron chi connectivity index (χ3n) is 4.72. The minimum atomic E-state index is -0.217. The number of thioether (sulfide) groups is 1. The molecule has 1 heterocycles. The maximum absolute atomic E-state index is 13.8. The maximum Gasteiger partial charge on any atom is 0.126 e. The number of benzene rings is 3. The molecule has 0 unspecified atom stereocenters. The molecule has 0 amide bonds. The predicted octanol–water partition coefficient (Wildman–Crippen LogP) is 7.30. The van der Waals surface area contributed by atoms with Gasteiger partial charge in [0.1, 0.15) is 5.82 Å². The number of aliphatic imine (C=N–C) groups is 1. The Kier molecular flexibility index (Phi) is 6.72. The zero-order valence-corrected chi connectivity index (χ0v) is 18.5. The lowest BCUT2D eigenvalue weighted by atomic mass is 10.1. The molecule has 0 fully saturated rings. The Balaban J connectivity index is 1.71. The van der Waals surface area contributed by atoms with Crippen molar-refractivity contribution in [2.75, 3.05) is 6.54 Å². The fraction of sp³-hybridized carbons (Fsp3) is 0.0741. The molecule has 152 valence electrons. The van der Waals surface area contributed by atoms with E-state index in [4.69, 9.17) is 16.6 Å². The molecule has 0 N–H and O–H groups in total. The van der Waals surface area contributed by atoms with Gasteiger partial charge in [0.2, 0.25) is 0 Å². The van der Waals surface area contributed by atoms with Gasteiger partial charge < -0.3 is 0 Å². The smallest absolute Gasteiger partial charge is 0.126 e. The van der Waals surface area contributed by atoms with Crippen LogP contribution in [-0.2, 0) is 0 Å². The molecular formula is C27H19ClFNS. The first-order valence-electron chi connectivity index (χ1n) is 9.80. The number of nitrogens with zero attached hydrogens (tertiary/aromatic N) is 1. The van der Waals surface area contributed by atoms with Crippen molar-refractivity contribution in [2.45, 2.75) is 6.92 Å². The van der Waals surface area contributed by atoms with Crippen LogP contribution >= 0.6 is 23.4 Å². The minimum absolute atomic E-state index is 0.217. The van der Waals surface area contributed by atoms with Crippen LogP contribution in [-0.4, -0.2) is 12.3 Å². The first-order chi connectivity index (χ1) is 15.1. The summed E-state index contributed by atoms with van der Waals surface area (Å²) in [6, 6.07) is 22.7. The summed E-state index contributed by atoms with van der Waals surface area (Å²) < 4.78 is 13.8. The number of aryl methyl sites for hydroxylation is 1. The topological polar surface area (TPSA) is 12.4 Å². The van der Waals surface area contributed by atoms with Crippen LogP contribution in [0.1, 0.15) is 22.3 Å². The first kappa shape index (κ1) is 21.2. The van der Waals surface area contributed by atoms with Gasteiger partial charge in [-0.1, -0.05) is 65.5 Å². The van der Waals surface area contributed by atoms with Crippen LogP contribution in [0.3, 0.4) is 0 Å². The van der Waals surface area contributed by atoms with Crippen LogP contribution in [0.4, 0.5) is 4.39 Å². The molecule has 0 bridgehead atoms. The van der Waals surface area contributed by atoms with Gasteiger partial charge in [-0.2, -0.15) is 0 Å². The molecule has 4 heteroatoms. The van der Waals surface area contributed by atoms with Gasteiger partial charge in [-0.15, -0.1) is 0 Å². The minimum Gasteiger partial charge on any atom is -0.279 e. The number of hydrogen-bond acceptors (Lipinski definition) is 2. The highest BCUT2D eigenvalue weighted by atomic mass is 35.5. The van der Waals surface area contributed by atoms with Crippen molar-refractivity contribution in [1.29, 1.82) is 0 Å². The van der Waals surface area contributed by atoms with E-state index in [1.165, 1.54) is 6.07 Å². The van der Waals surface area contributed by atoms with E-state index in [2.05, 4.69) is 11.8 Å². The molecule has 1 aliphatic rings. The third-order valence-corrected chi connectivity index (χ3v) is 6.05. The van der Waals surface area contributed by atoms with E-state index < -0.39 is 0 Å². The van der Waals surface area contributed by atoms with Gasteiger partial charge in [0.05, 0.1) is 12.3 Å². The molecule has 0 aliphatic carbocycles. The van der Waals surface area contributed by atoms with E-state index in [0.717, 1.165) is 32.2 Å². The quantitative estimate of drug-likeness (QED) is 0.378. The van der Waals surface area contributed by atoms with Gasteiger partial charge in [0.25, 0.3) is 0 Å². The molecule has 0 atom stereocenters. The summed E-state index contributed by atoms with van der Waals surface area (Å²) >= 11 is 7.72. The fourth-order valence-corrected chi connectivity index (χ4v) is 4.15. The molecule has 0 aromatic heterocycles. The molecule has 1 nitrogen and oxygen atoms in total. The second-order valence-electron chi connectivity index (χ2n) is 7.03. The molecular weight excluding hydrogens is 425 g/mol. The van der Waals surface area contributed by atoms with Crippen LogP contribution in [0.15, 0.2) is 94.8 Å². The lowest BCUT2D eigenvalue weighted by molar-refractivity contribution is 0.618. The molecule has 1 aliphatic heterocycles. The summed E-state index contributed by atoms with van der Waals surface area (Å²) in [5, 5.41) is 0.690. The number of allylic oxidation sites excluding steroid dienone is 2. The second kappa shape index (κ2) is 9.83. The Morgan fingerprint density at radius 3 is 2.48 bits per heavy atom. The summed E-state index contributed by atoms with van der Waals surface area (Å²) in [5.74, 6) is 6.10. The van der Waals surface area contributed by atoms with Crippen LogP contribution in [0, 0.1) is 24.6 Å². The van der Waals surface area contributed by atoms with E-state index in [1.54, 1.807) is 24.8 Å². The van der Waals surface area contributed by atoms with Crippen LogP contribution in [0.5, 0.6) is 0 Å². The third kappa shape index (κ3) is 5.55. The highest BCUT2D eigenvalue weighted by Gasteiger charge is 2.14. The standard InChI is InChI=1S/C27H19ClFNS/c1-19-16-22(12-15-25(19)29)26-17-27(21-10-13-23(28)14-11-21)31-24(18-30-26)9-5-8-20-6-3-2-4-7-20/h2-4,6-7,9-17H,18H2,1H3/b24-9-. The largest absolute Gasteiger partial charge is 0.279 e. The lowest BCUT2D eigenvalue weighted by Crippen LogP contribution is -1.99. The molecule has 4 rings (SSSR count). The number of rotatable bonds is 2. The van der Waals surface area contributed by atoms with Crippen molar-refractivity contribution in [3.05, 3.63) is 123 Å². The molecule has 0 spiro atoms. The zero-order chi connectivity index (χ0) is 21.6. The van der Waals surface area contributed by atoms with E-state index in [1.807, 2.05) is 72.8 Å². The average molecular weight is 444 g/mol. The van der Waals surface area contributed by atoms with Crippen molar-refractivity contribution in [1.82, 2.24) is 0 Å². The number of halogens is 2. The van der Waals surface area contributed by atoms with Crippen molar-refractivity contribution >= 4 is 34.0 Å². The van der Waals surface area contributed by atoms with Gasteiger partial charge in [-0.05, 0) is 66.6 Å². The lowest BCUT2D eigenvalue weighted by Gasteiger charge is -2.07. The Morgan fingerprint density at radius 1 is 1.00 bits per heavy atom. The fourth-order valence-electron chi connectivity index (χ4n) is 3.07. The second-order valence-corrected chi connectivity index (χ2v) is 8.63. The van der Waals surface area contributed by atoms with Crippen LogP contribution in [0.25, 0.3) is 4.91 Å². The molecule has 3 aromatic carbocycles. The van der Waals surface area contributed by atoms with Crippen LogP contribution < -0.4 is 0 Å². The Hall–Kier alpha value is -3.06. The normalized spacial score (nSPS) is 14.9. The molecule has 3 aromatic rings. The average Bonchev–Trinajstić information content (AvgIpc) is 3.00. The summed E-state index contributed by atoms with van der Waals surface area (Å²) in [5.41, 5.74) is 4.33. The zero-order valence-electron chi connectivity index (χ0n) is 16.9. The summed E-state index contributed by atoms with van der Waals surface area (Å²) in [6.07, 6.45) is 3.97. The summed E-state index contributed by atoms with van der Waals surface area (Å²) in [4.78, 5) is 6.88. The Morgan fingerprint density at radius 2 is 1.74 bits per heavy atom. The monoisotopic (exact) mass is 443 g/mol. The Bertz CT molecular complexity index is 1250. The van der Waals surface area contributed by atoms with E-state index >= 15 is 0 Å². The van der Waals surface area contributed by atoms with E-state index in [9.17, 15) is 4.39 Å². The van der Waals surface area contributed by atoms with Crippen molar-refractivity contribution in [2.24, 2.45) is 4.99 Å². The highest BCUT2D eigenvalue weighted by Crippen LogP contribution is 2.36. The molecule has 0 saturated carbocycles. The highest BCUT2D eigenvalue weighted by molar-refractivity contribution is 8.11. The van der Waals surface area contributed by atoms with Crippen LogP contribution in [0.2, 0.25) is 5.02 Å². The number of hydrogen-bond donors (Lipinski definition) is 0. The van der Waals surface area contributed by atoms with E-state index in [0.29, 0.717) is 17.1 Å². The summed E-state index contributed by atoms with van der Waals surface area (Å²) in [6.45, 7) is 2.27. The maximum atomic E-state index is 13.8. The first-order valence-corrected chi connectivity index (χ1v) is 11.0. The van der Waals surface area contributed by atoms with Crippen molar-refractivity contribution < 1.29 is 4.39 Å². The van der Waals surface area contributed by atoms with Gasteiger partial charge in [0.15, 0.2) is 0 Å². The van der Waals surface area contributed by atoms with Crippen molar-refractivity contribution in [3.63, 3.8) is 0 Å². The SMILES string of the molecule is Cc1cc(C2=NC/C(=C/C#Cc3ccccc3)SC(c3ccc(Cl)cc3)=C2)ccc1F. The van der Waals surface area contributed by atoms with E-state index in [-0.39, 0.29) is 5.82 Å². The predicted molar refractivity (Wildman–Crippen MR) is 131 cm³/mol. The van der Waals surface area contributed by atoms with Gasteiger partial charge in [-0.3, -0.25) is 4.99 Å². The van der Waals surface area contributed by atoms with Gasteiger partial charge in [-0.25, -0.2) is 4.39 Å². The van der Waals surface area contributed by atoms with Gasteiger partial charge in [0, 0.05) is 32.0 Å². The summed E-state index contributed by atoms with van der Waals surface area (Å²) in [7, 11) is 0. The van der Waals surface area contributed by atoms with Crippen molar-refractivity contribution in [3.8, 4) is 11.8 Å². The molecule has 0 saturated heterocycles. The Labute approximate surface area is 191 Å². The molecule has 0 radical (unpaired) electrons. The molecule has 31 heavy (non-hydrogen) atoms.